The number of rotatable bonds is 2. The van der Waals surface area contributed by atoms with Crippen LogP contribution < -0.4 is 0 Å². The number of alkyl halides is 3. The lowest BCUT2D eigenvalue weighted by molar-refractivity contribution is -0.137. The van der Waals surface area contributed by atoms with Crippen LogP contribution in [0.3, 0.4) is 0 Å². The lowest BCUT2D eigenvalue weighted by atomic mass is 10.0. The number of aromatic amines is 1. The molecule has 120 valence electrons. The number of benzene rings is 2. The average molecular weight is 327 g/mol. The van der Waals surface area contributed by atoms with Crippen LogP contribution in [0.5, 0.6) is 0 Å². The summed E-state index contributed by atoms with van der Waals surface area (Å²) in [5, 5.41) is 9.35. The Morgan fingerprint density at radius 3 is 2.67 bits per heavy atom. The van der Waals surface area contributed by atoms with Gasteiger partial charge in [-0.3, -0.25) is 0 Å². The van der Waals surface area contributed by atoms with Gasteiger partial charge < -0.3 is 4.98 Å². The molecule has 0 aliphatic rings. The standard InChI is InChI=1S/C18H12F3N3/c1-11-6-7-15-16(8-11)24-17(23-15)13(10-22)9-12-4-2-3-5-14(12)18(19,20)21/h2-9H,1H3,(H,23,24)/b13-9-. The van der Waals surface area contributed by atoms with Crippen molar-refractivity contribution in [2.24, 2.45) is 0 Å². The second-order valence-corrected chi connectivity index (χ2v) is 5.36. The number of aromatic nitrogens is 2. The summed E-state index contributed by atoms with van der Waals surface area (Å²) in [6, 6.07) is 12.6. The monoisotopic (exact) mass is 327 g/mol. The Kier molecular flexibility index (Phi) is 3.86. The van der Waals surface area contributed by atoms with E-state index in [2.05, 4.69) is 9.97 Å². The van der Waals surface area contributed by atoms with Crippen LogP contribution in [-0.4, -0.2) is 9.97 Å². The van der Waals surface area contributed by atoms with E-state index < -0.39 is 11.7 Å². The summed E-state index contributed by atoms with van der Waals surface area (Å²) < 4.78 is 39.2. The Bertz CT molecular complexity index is 975. The van der Waals surface area contributed by atoms with Crippen molar-refractivity contribution in [3.8, 4) is 6.07 Å². The second-order valence-electron chi connectivity index (χ2n) is 5.36. The topological polar surface area (TPSA) is 52.5 Å². The van der Waals surface area contributed by atoms with Crippen molar-refractivity contribution in [1.82, 2.24) is 9.97 Å². The number of imidazole rings is 1. The fourth-order valence-electron chi connectivity index (χ4n) is 2.44. The number of nitrogens with one attached hydrogen (secondary N) is 1. The molecule has 0 amide bonds. The molecule has 0 aliphatic carbocycles. The molecule has 0 fully saturated rings. The first-order valence-corrected chi connectivity index (χ1v) is 7.13. The maximum absolute atomic E-state index is 13.1. The van der Waals surface area contributed by atoms with Gasteiger partial charge in [-0.25, -0.2) is 4.98 Å². The van der Waals surface area contributed by atoms with Gasteiger partial charge in [0.2, 0.25) is 0 Å². The number of allylic oxidation sites excluding steroid dienone is 1. The number of hydrogen-bond acceptors (Lipinski definition) is 2. The maximum Gasteiger partial charge on any atom is 0.416 e. The highest BCUT2D eigenvalue weighted by Crippen LogP contribution is 2.33. The summed E-state index contributed by atoms with van der Waals surface area (Å²) in [5.41, 5.74) is 1.59. The molecule has 3 aromatic rings. The highest BCUT2D eigenvalue weighted by molar-refractivity contribution is 5.90. The molecule has 0 aliphatic heterocycles. The van der Waals surface area contributed by atoms with Crippen LogP contribution in [0.4, 0.5) is 13.2 Å². The number of halogens is 3. The summed E-state index contributed by atoms with van der Waals surface area (Å²) in [6.45, 7) is 1.92. The fourth-order valence-corrected chi connectivity index (χ4v) is 2.44. The predicted molar refractivity (Wildman–Crippen MR) is 85.8 cm³/mol. The number of nitrogens with zero attached hydrogens (tertiary/aromatic N) is 2. The van der Waals surface area contributed by atoms with Gasteiger partial charge in [0.1, 0.15) is 11.9 Å². The molecule has 0 unspecified atom stereocenters. The van der Waals surface area contributed by atoms with Gasteiger partial charge in [-0.15, -0.1) is 0 Å². The van der Waals surface area contributed by atoms with Gasteiger partial charge in [-0.1, -0.05) is 24.3 Å². The van der Waals surface area contributed by atoms with Gasteiger partial charge >= 0.3 is 6.18 Å². The van der Waals surface area contributed by atoms with Crippen molar-refractivity contribution in [1.29, 1.82) is 5.26 Å². The zero-order chi connectivity index (χ0) is 17.3. The van der Waals surface area contributed by atoms with E-state index >= 15 is 0 Å². The van der Waals surface area contributed by atoms with Crippen LogP contribution in [-0.2, 0) is 6.18 Å². The minimum atomic E-state index is -4.49. The summed E-state index contributed by atoms with van der Waals surface area (Å²) >= 11 is 0. The Hall–Kier alpha value is -3.07. The van der Waals surface area contributed by atoms with E-state index in [0.29, 0.717) is 5.52 Å². The molecule has 0 atom stereocenters. The molecule has 0 saturated carbocycles. The molecule has 0 radical (unpaired) electrons. The van der Waals surface area contributed by atoms with E-state index in [9.17, 15) is 18.4 Å². The quantitative estimate of drug-likeness (QED) is 0.677. The average Bonchev–Trinajstić information content (AvgIpc) is 2.94. The van der Waals surface area contributed by atoms with Crippen molar-refractivity contribution in [2.75, 3.05) is 0 Å². The van der Waals surface area contributed by atoms with Crippen molar-refractivity contribution in [2.45, 2.75) is 13.1 Å². The second kappa shape index (κ2) is 5.85. The van der Waals surface area contributed by atoms with E-state index in [1.807, 2.05) is 25.1 Å². The third-order valence-electron chi connectivity index (χ3n) is 3.58. The molecule has 3 rings (SSSR count). The van der Waals surface area contributed by atoms with E-state index in [0.717, 1.165) is 17.1 Å². The molecule has 24 heavy (non-hydrogen) atoms. The van der Waals surface area contributed by atoms with Crippen LogP contribution >= 0.6 is 0 Å². The predicted octanol–water partition coefficient (Wildman–Crippen LogP) is 4.95. The molecular formula is C18H12F3N3. The van der Waals surface area contributed by atoms with Gasteiger partial charge in [-0.05, 0) is 42.3 Å². The van der Waals surface area contributed by atoms with Crippen molar-refractivity contribution in [3.63, 3.8) is 0 Å². The lowest BCUT2D eigenvalue weighted by Gasteiger charge is -2.09. The summed E-state index contributed by atoms with van der Waals surface area (Å²) in [7, 11) is 0. The molecule has 3 nitrogen and oxygen atoms in total. The lowest BCUT2D eigenvalue weighted by Crippen LogP contribution is -2.07. The molecule has 0 spiro atoms. The van der Waals surface area contributed by atoms with E-state index in [1.54, 1.807) is 6.07 Å². The third-order valence-corrected chi connectivity index (χ3v) is 3.58. The van der Waals surface area contributed by atoms with Gasteiger partial charge in [0.05, 0.1) is 22.2 Å². The molecule has 1 N–H and O–H groups in total. The molecular weight excluding hydrogens is 315 g/mol. The van der Waals surface area contributed by atoms with Crippen molar-refractivity contribution in [3.05, 3.63) is 65.0 Å². The van der Waals surface area contributed by atoms with E-state index in [4.69, 9.17) is 0 Å². The molecule has 2 aromatic carbocycles. The minimum absolute atomic E-state index is 0.0422. The summed E-state index contributed by atoms with van der Waals surface area (Å²) in [4.78, 5) is 7.27. The summed E-state index contributed by atoms with van der Waals surface area (Å²) in [5.74, 6) is 0.245. The highest BCUT2D eigenvalue weighted by atomic mass is 19.4. The number of aryl methyl sites for hydroxylation is 1. The van der Waals surface area contributed by atoms with E-state index in [1.165, 1.54) is 24.3 Å². The first kappa shape index (κ1) is 15.8. The van der Waals surface area contributed by atoms with Gasteiger partial charge in [-0.2, -0.15) is 18.4 Å². The summed E-state index contributed by atoms with van der Waals surface area (Å²) in [6.07, 6.45) is -3.29. The first-order valence-electron chi connectivity index (χ1n) is 7.13. The molecule has 6 heteroatoms. The largest absolute Gasteiger partial charge is 0.416 e. The van der Waals surface area contributed by atoms with Crippen molar-refractivity contribution < 1.29 is 13.2 Å². The van der Waals surface area contributed by atoms with Crippen LogP contribution in [0.1, 0.15) is 22.5 Å². The van der Waals surface area contributed by atoms with Crippen LogP contribution in [0.2, 0.25) is 0 Å². The molecule has 1 aromatic heterocycles. The maximum atomic E-state index is 13.1. The van der Waals surface area contributed by atoms with Gasteiger partial charge in [0.25, 0.3) is 0 Å². The third kappa shape index (κ3) is 3.01. The molecule has 1 heterocycles. The Balaban J connectivity index is 2.12. The zero-order valence-corrected chi connectivity index (χ0v) is 12.6. The first-order chi connectivity index (χ1) is 11.4. The van der Waals surface area contributed by atoms with Crippen LogP contribution in [0.15, 0.2) is 42.5 Å². The van der Waals surface area contributed by atoms with Gasteiger partial charge in [0, 0.05) is 0 Å². The Morgan fingerprint density at radius 1 is 1.21 bits per heavy atom. The number of fused-ring (bicyclic) bond motifs is 1. The van der Waals surface area contributed by atoms with Crippen molar-refractivity contribution >= 4 is 22.7 Å². The Morgan fingerprint density at radius 2 is 1.96 bits per heavy atom. The SMILES string of the molecule is Cc1ccc2nc(/C(C#N)=C\c3ccccc3C(F)(F)F)[nH]c2c1. The highest BCUT2D eigenvalue weighted by Gasteiger charge is 2.32. The van der Waals surface area contributed by atoms with Crippen LogP contribution in [0, 0.1) is 18.3 Å². The number of nitriles is 1. The Labute approximate surface area is 136 Å². The smallest absolute Gasteiger partial charge is 0.337 e. The minimum Gasteiger partial charge on any atom is -0.337 e. The zero-order valence-electron chi connectivity index (χ0n) is 12.6. The van der Waals surface area contributed by atoms with Crippen LogP contribution in [0.25, 0.3) is 22.7 Å². The normalized spacial score (nSPS) is 12.4. The number of H-pyrrole nitrogens is 1. The molecule has 0 saturated heterocycles. The molecule has 0 bridgehead atoms. The van der Waals surface area contributed by atoms with Gasteiger partial charge in [0.15, 0.2) is 0 Å². The fraction of sp³-hybridized carbons (Fsp3) is 0.111. The number of hydrogen-bond donors (Lipinski definition) is 1. The van der Waals surface area contributed by atoms with E-state index in [-0.39, 0.29) is 17.0 Å².